The van der Waals surface area contributed by atoms with Gasteiger partial charge >= 0.3 is 11.9 Å². The molecule has 122 valence electrons. The molecule has 22 heavy (non-hydrogen) atoms. The molecule has 1 fully saturated rings. The molecule has 6 heteroatoms. The third kappa shape index (κ3) is 3.67. The van der Waals surface area contributed by atoms with Crippen molar-refractivity contribution in [1.82, 2.24) is 0 Å². The molecule has 1 unspecified atom stereocenters. The van der Waals surface area contributed by atoms with E-state index in [-0.39, 0.29) is 12.6 Å². The van der Waals surface area contributed by atoms with Crippen molar-refractivity contribution in [3.05, 3.63) is 22.4 Å². The fourth-order valence-electron chi connectivity index (χ4n) is 2.12. The summed E-state index contributed by atoms with van der Waals surface area (Å²) in [5, 5.41) is 1.94. The molecule has 0 saturated carbocycles. The van der Waals surface area contributed by atoms with Gasteiger partial charge in [-0.3, -0.25) is 4.79 Å². The van der Waals surface area contributed by atoms with Crippen molar-refractivity contribution in [2.45, 2.75) is 39.2 Å². The van der Waals surface area contributed by atoms with Crippen molar-refractivity contribution in [3.8, 4) is 0 Å². The van der Waals surface area contributed by atoms with Crippen LogP contribution < -0.4 is 0 Å². The minimum absolute atomic E-state index is 0.341. The number of carbonyl (C=O) groups excluding carboxylic acids is 2. The molecular weight excluding hydrogens is 304 g/mol. The Kier molecular flexibility index (Phi) is 5.24. The van der Waals surface area contributed by atoms with Gasteiger partial charge in [-0.1, -0.05) is 13.0 Å². The molecular formula is C16H22O5S. The average molecular weight is 326 g/mol. The second-order valence-electron chi connectivity index (χ2n) is 6.06. The van der Waals surface area contributed by atoms with Gasteiger partial charge in [0.2, 0.25) is 0 Å². The first-order chi connectivity index (χ1) is 10.4. The van der Waals surface area contributed by atoms with E-state index in [9.17, 15) is 9.59 Å². The van der Waals surface area contributed by atoms with E-state index in [1.807, 2.05) is 24.4 Å². The molecule has 1 aliphatic heterocycles. The maximum Gasteiger partial charge on any atom is 0.345 e. The van der Waals surface area contributed by atoms with Crippen LogP contribution >= 0.6 is 11.3 Å². The van der Waals surface area contributed by atoms with Crippen LogP contribution in [0.1, 0.15) is 38.5 Å². The topological polar surface area (TPSA) is 61.8 Å². The van der Waals surface area contributed by atoms with Crippen LogP contribution in [0, 0.1) is 5.41 Å². The van der Waals surface area contributed by atoms with E-state index in [0.717, 1.165) is 4.88 Å². The monoisotopic (exact) mass is 326 g/mol. The first kappa shape index (κ1) is 17.0. The molecule has 2 rings (SSSR count). The van der Waals surface area contributed by atoms with Gasteiger partial charge in [0.1, 0.15) is 0 Å². The van der Waals surface area contributed by atoms with E-state index < -0.39 is 17.0 Å². The van der Waals surface area contributed by atoms with E-state index in [4.69, 9.17) is 14.2 Å². The molecule has 1 atom stereocenters. The lowest BCUT2D eigenvalue weighted by Crippen LogP contribution is -2.35. The highest BCUT2D eigenvalue weighted by Gasteiger charge is 2.42. The van der Waals surface area contributed by atoms with E-state index in [2.05, 4.69) is 0 Å². The Morgan fingerprint density at radius 1 is 1.45 bits per heavy atom. The lowest BCUT2D eigenvalue weighted by Gasteiger charge is -2.27. The Morgan fingerprint density at radius 3 is 2.77 bits per heavy atom. The number of carbonyl (C=O) groups is 2. The lowest BCUT2D eigenvalue weighted by atomic mass is 9.91. The summed E-state index contributed by atoms with van der Waals surface area (Å²) in [6.45, 7) is 6.01. The van der Waals surface area contributed by atoms with Crippen LogP contribution in [0.15, 0.2) is 17.5 Å². The van der Waals surface area contributed by atoms with Crippen molar-refractivity contribution in [2.75, 3.05) is 19.8 Å². The zero-order valence-corrected chi connectivity index (χ0v) is 14.0. The van der Waals surface area contributed by atoms with E-state index in [0.29, 0.717) is 26.1 Å². The molecule has 0 aromatic carbocycles. The summed E-state index contributed by atoms with van der Waals surface area (Å²) in [5.74, 6) is -0.932. The Hall–Kier alpha value is -1.40. The summed E-state index contributed by atoms with van der Waals surface area (Å²) in [6, 6.07) is 3.84. The number of rotatable bonds is 6. The van der Waals surface area contributed by atoms with Crippen LogP contribution in [0.3, 0.4) is 0 Å². The second-order valence-corrected chi connectivity index (χ2v) is 7.01. The van der Waals surface area contributed by atoms with Crippen molar-refractivity contribution in [3.63, 3.8) is 0 Å². The minimum Gasteiger partial charge on any atom is -0.453 e. The summed E-state index contributed by atoms with van der Waals surface area (Å²) in [6.07, 6.45) is 1.27. The van der Waals surface area contributed by atoms with Gasteiger partial charge in [0.15, 0.2) is 12.2 Å². The Balaban J connectivity index is 1.95. The van der Waals surface area contributed by atoms with Gasteiger partial charge in [-0.25, -0.2) is 4.79 Å². The number of thiophene rings is 1. The van der Waals surface area contributed by atoms with Gasteiger partial charge in [0.25, 0.3) is 0 Å². The van der Waals surface area contributed by atoms with Crippen LogP contribution in [-0.2, 0) is 29.4 Å². The Bertz CT molecular complexity index is 515. The molecule has 0 amide bonds. The summed E-state index contributed by atoms with van der Waals surface area (Å²) < 4.78 is 16.1. The maximum absolute atomic E-state index is 12.1. The molecule has 1 saturated heterocycles. The van der Waals surface area contributed by atoms with Crippen LogP contribution in [0.5, 0.6) is 0 Å². The van der Waals surface area contributed by atoms with Crippen LogP contribution in [0.2, 0.25) is 0 Å². The zero-order valence-electron chi connectivity index (χ0n) is 13.2. The standard InChI is InChI=1S/C16H22O5S/c1-4-15(2,3)14(18)20-10-13(17)21-16(7-8-19-11-16)12-6-5-9-22-12/h5-6,9H,4,7-8,10-11H2,1-3H3. The number of hydrogen-bond donors (Lipinski definition) is 0. The summed E-state index contributed by atoms with van der Waals surface area (Å²) in [4.78, 5) is 24.9. The van der Waals surface area contributed by atoms with E-state index in [1.54, 1.807) is 13.8 Å². The summed E-state index contributed by atoms with van der Waals surface area (Å²) >= 11 is 1.53. The fraction of sp³-hybridized carbons (Fsp3) is 0.625. The molecule has 0 radical (unpaired) electrons. The van der Waals surface area contributed by atoms with Crippen molar-refractivity contribution in [2.24, 2.45) is 5.41 Å². The third-order valence-electron chi connectivity index (χ3n) is 4.02. The second kappa shape index (κ2) is 6.79. The van der Waals surface area contributed by atoms with Crippen molar-refractivity contribution < 1.29 is 23.8 Å². The zero-order chi connectivity index (χ0) is 16.2. The highest BCUT2D eigenvalue weighted by atomic mass is 32.1. The number of ether oxygens (including phenoxy) is 3. The highest BCUT2D eigenvalue weighted by molar-refractivity contribution is 7.10. The normalized spacial score (nSPS) is 21.6. The van der Waals surface area contributed by atoms with Crippen molar-refractivity contribution in [1.29, 1.82) is 0 Å². The van der Waals surface area contributed by atoms with Gasteiger partial charge in [0.05, 0.1) is 23.5 Å². The molecule has 0 aliphatic carbocycles. The number of hydrogen-bond acceptors (Lipinski definition) is 6. The molecule has 0 N–H and O–H groups in total. The van der Waals surface area contributed by atoms with E-state index >= 15 is 0 Å². The molecule has 5 nitrogen and oxygen atoms in total. The SMILES string of the molecule is CCC(C)(C)C(=O)OCC(=O)OC1(c2cccs2)CCOC1. The third-order valence-corrected chi connectivity index (χ3v) is 5.08. The van der Waals surface area contributed by atoms with Crippen molar-refractivity contribution >= 4 is 23.3 Å². The number of esters is 2. The minimum atomic E-state index is -0.738. The highest BCUT2D eigenvalue weighted by Crippen LogP contribution is 2.37. The Labute approximate surface area is 134 Å². The fourth-order valence-corrected chi connectivity index (χ4v) is 3.00. The summed E-state index contributed by atoms with van der Waals surface area (Å²) in [7, 11) is 0. The predicted octanol–water partition coefficient (Wildman–Crippen LogP) is 2.89. The first-order valence-electron chi connectivity index (χ1n) is 7.40. The molecule has 1 aromatic heterocycles. The smallest absolute Gasteiger partial charge is 0.345 e. The largest absolute Gasteiger partial charge is 0.453 e. The van der Waals surface area contributed by atoms with Gasteiger partial charge in [-0.15, -0.1) is 11.3 Å². The average Bonchev–Trinajstić information content (AvgIpc) is 3.16. The van der Waals surface area contributed by atoms with Gasteiger partial charge in [-0.05, 0) is 31.7 Å². The van der Waals surface area contributed by atoms with Crippen LogP contribution in [-0.4, -0.2) is 31.8 Å². The van der Waals surface area contributed by atoms with Gasteiger partial charge in [0, 0.05) is 6.42 Å². The maximum atomic E-state index is 12.1. The van der Waals surface area contributed by atoms with Crippen LogP contribution in [0.25, 0.3) is 0 Å². The molecule has 0 spiro atoms. The van der Waals surface area contributed by atoms with Gasteiger partial charge < -0.3 is 14.2 Å². The van der Waals surface area contributed by atoms with Crippen LogP contribution in [0.4, 0.5) is 0 Å². The predicted molar refractivity (Wildman–Crippen MR) is 82.6 cm³/mol. The lowest BCUT2D eigenvalue weighted by molar-refractivity contribution is -0.174. The molecule has 0 bridgehead atoms. The molecule has 1 aromatic rings. The first-order valence-corrected chi connectivity index (χ1v) is 8.28. The summed E-state index contributed by atoms with van der Waals surface area (Å²) in [5.41, 5.74) is -1.33. The molecule has 1 aliphatic rings. The van der Waals surface area contributed by atoms with E-state index in [1.165, 1.54) is 11.3 Å². The molecule has 2 heterocycles. The quantitative estimate of drug-likeness (QED) is 0.752. The Morgan fingerprint density at radius 2 is 2.23 bits per heavy atom. The van der Waals surface area contributed by atoms with Gasteiger partial charge in [-0.2, -0.15) is 0 Å².